The molecule has 1 aliphatic heterocycles. The molecule has 0 radical (unpaired) electrons. The summed E-state index contributed by atoms with van der Waals surface area (Å²) in [4.78, 5) is 0. The van der Waals surface area contributed by atoms with Gasteiger partial charge in [0, 0.05) is 5.56 Å². The Kier molecular flexibility index (Phi) is 3.08. The Bertz CT molecular complexity index is 394. The van der Waals surface area contributed by atoms with Crippen LogP contribution in [-0.4, -0.2) is 6.79 Å². The molecule has 1 aromatic carbocycles. The lowest BCUT2D eigenvalue weighted by Gasteiger charge is -2.16. The second-order valence-corrected chi connectivity index (χ2v) is 4.54. The predicted octanol–water partition coefficient (Wildman–Crippen LogP) is 3.66. The number of aryl methyl sites for hydroxylation is 2. The maximum Gasteiger partial charge on any atom is 0.231 e. The monoisotopic (exact) mass is 220 g/mol. The van der Waals surface area contributed by atoms with E-state index in [2.05, 4.69) is 33.8 Å². The molecule has 0 unspecified atom stereocenters. The van der Waals surface area contributed by atoms with E-state index in [1.807, 2.05) is 0 Å². The molecule has 88 valence electrons. The summed E-state index contributed by atoms with van der Waals surface area (Å²) in [7, 11) is 0. The van der Waals surface area contributed by atoms with E-state index in [0.29, 0.717) is 12.7 Å². The zero-order valence-corrected chi connectivity index (χ0v) is 10.6. The summed E-state index contributed by atoms with van der Waals surface area (Å²) in [5, 5.41) is 0. The van der Waals surface area contributed by atoms with Crippen LogP contribution < -0.4 is 9.47 Å². The third kappa shape index (κ3) is 1.66. The van der Waals surface area contributed by atoms with E-state index in [9.17, 15) is 0 Å². The first kappa shape index (κ1) is 11.3. The molecule has 0 fully saturated rings. The summed E-state index contributed by atoms with van der Waals surface area (Å²) in [6, 6.07) is 2.28. The second kappa shape index (κ2) is 4.36. The van der Waals surface area contributed by atoms with Crippen molar-refractivity contribution in [2.75, 3.05) is 6.79 Å². The fraction of sp³-hybridized carbons (Fsp3) is 0.571. The van der Waals surface area contributed by atoms with Crippen LogP contribution in [0.4, 0.5) is 0 Å². The van der Waals surface area contributed by atoms with Gasteiger partial charge in [-0.25, -0.2) is 0 Å². The van der Waals surface area contributed by atoms with Crippen molar-refractivity contribution in [1.29, 1.82) is 0 Å². The van der Waals surface area contributed by atoms with Crippen molar-refractivity contribution < 1.29 is 9.47 Å². The SMILES string of the molecule is CCc1cc(CC)c(C(C)C)c2c1OCO2. The molecule has 0 aliphatic carbocycles. The van der Waals surface area contributed by atoms with Crippen LogP contribution >= 0.6 is 0 Å². The largest absolute Gasteiger partial charge is 0.453 e. The van der Waals surface area contributed by atoms with Crippen molar-refractivity contribution in [3.05, 3.63) is 22.8 Å². The van der Waals surface area contributed by atoms with Gasteiger partial charge in [-0.05, 0) is 29.9 Å². The van der Waals surface area contributed by atoms with Crippen LogP contribution in [-0.2, 0) is 12.8 Å². The van der Waals surface area contributed by atoms with E-state index in [0.717, 1.165) is 24.3 Å². The van der Waals surface area contributed by atoms with E-state index < -0.39 is 0 Å². The van der Waals surface area contributed by atoms with Gasteiger partial charge in [-0.3, -0.25) is 0 Å². The van der Waals surface area contributed by atoms with E-state index >= 15 is 0 Å². The van der Waals surface area contributed by atoms with Gasteiger partial charge in [0.2, 0.25) is 6.79 Å². The zero-order chi connectivity index (χ0) is 11.7. The van der Waals surface area contributed by atoms with E-state index in [-0.39, 0.29) is 0 Å². The van der Waals surface area contributed by atoms with Gasteiger partial charge in [-0.2, -0.15) is 0 Å². The highest BCUT2D eigenvalue weighted by Gasteiger charge is 2.25. The number of rotatable bonds is 3. The fourth-order valence-corrected chi connectivity index (χ4v) is 2.40. The third-order valence-electron chi connectivity index (χ3n) is 3.18. The quantitative estimate of drug-likeness (QED) is 0.774. The normalized spacial score (nSPS) is 13.6. The molecule has 1 aliphatic rings. The Hall–Kier alpha value is -1.18. The van der Waals surface area contributed by atoms with Crippen molar-refractivity contribution >= 4 is 0 Å². The minimum atomic E-state index is 0.370. The molecular weight excluding hydrogens is 200 g/mol. The molecule has 0 spiro atoms. The lowest BCUT2D eigenvalue weighted by molar-refractivity contribution is 0.172. The Morgan fingerprint density at radius 1 is 1.06 bits per heavy atom. The highest BCUT2D eigenvalue weighted by Crippen LogP contribution is 2.44. The Morgan fingerprint density at radius 3 is 2.25 bits per heavy atom. The van der Waals surface area contributed by atoms with Gasteiger partial charge in [-0.1, -0.05) is 33.8 Å². The van der Waals surface area contributed by atoms with Gasteiger partial charge in [0.05, 0.1) is 0 Å². The summed E-state index contributed by atoms with van der Waals surface area (Å²) in [5.41, 5.74) is 4.00. The molecule has 0 aromatic heterocycles. The standard InChI is InChI=1S/C14H20O2/c1-5-10-7-11(6-2)13-14(16-8-15-13)12(10)9(3)4/h7,9H,5-6,8H2,1-4H3. The minimum Gasteiger partial charge on any atom is -0.453 e. The molecule has 2 nitrogen and oxygen atoms in total. The Balaban J connectivity index is 2.64. The lowest BCUT2D eigenvalue weighted by Crippen LogP contribution is -2.00. The summed E-state index contributed by atoms with van der Waals surface area (Å²) >= 11 is 0. The first-order valence-corrected chi connectivity index (χ1v) is 6.13. The van der Waals surface area contributed by atoms with Crippen molar-refractivity contribution in [2.24, 2.45) is 0 Å². The molecule has 0 N–H and O–H groups in total. The first-order valence-electron chi connectivity index (χ1n) is 6.13. The molecule has 0 bridgehead atoms. The summed E-state index contributed by atoms with van der Waals surface area (Å²) < 4.78 is 11.2. The van der Waals surface area contributed by atoms with Crippen LogP contribution in [0.2, 0.25) is 0 Å². The average Bonchev–Trinajstić information content (AvgIpc) is 2.74. The van der Waals surface area contributed by atoms with Crippen molar-refractivity contribution in [2.45, 2.75) is 46.5 Å². The molecule has 2 rings (SSSR count). The number of fused-ring (bicyclic) bond motifs is 1. The fourth-order valence-electron chi connectivity index (χ4n) is 2.40. The molecular formula is C14H20O2. The highest BCUT2D eigenvalue weighted by molar-refractivity contribution is 5.58. The van der Waals surface area contributed by atoms with E-state index in [1.54, 1.807) is 0 Å². The molecule has 16 heavy (non-hydrogen) atoms. The van der Waals surface area contributed by atoms with Gasteiger partial charge in [0.1, 0.15) is 0 Å². The van der Waals surface area contributed by atoms with Gasteiger partial charge in [0.15, 0.2) is 11.5 Å². The minimum absolute atomic E-state index is 0.370. The van der Waals surface area contributed by atoms with Crippen LogP contribution in [0.15, 0.2) is 6.07 Å². The van der Waals surface area contributed by atoms with Crippen LogP contribution in [0.3, 0.4) is 0 Å². The number of hydrogen-bond donors (Lipinski definition) is 0. The lowest BCUT2D eigenvalue weighted by atomic mass is 9.91. The molecule has 0 amide bonds. The van der Waals surface area contributed by atoms with Crippen molar-refractivity contribution in [1.82, 2.24) is 0 Å². The zero-order valence-electron chi connectivity index (χ0n) is 10.6. The average molecular weight is 220 g/mol. The molecule has 0 atom stereocenters. The van der Waals surface area contributed by atoms with Crippen LogP contribution in [0.5, 0.6) is 11.5 Å². The van der Waals surface area contributed by atoms with Gasteiger partial charge >= 0.3 is 0 Å². The molecule has 2 heteroatoms. The highest BCUT2D eigenvalue weighted by atomic mass is 16.7. The maximum atomic E-state index is 5.65. The second-order valence-electron chi connectivity index (χ2n) is 4.54. The van der Waals surface area contributed by atoms with Crippen molar-refractivity contribution in [3.8, 4) is 11.5 Å². The van der Waals surface area contributed by atoms with E-state index in [1.165, 1.54) is 16.7 Å². The van der Waals surface area contributed by atoms with Crippen LogP contribution in [0.1, 0.15) is 50.3 Å². The molecule has 1 heterocycles. The smallest absolute Gasteiger partial charge is 0.231 e. The predicted molar refractivity (Wildman–Crippen MR) is 65.4 cm³/mol. The number of hydrogen-bond acceptors (Lipinski definition) is 2. The number of benzene rings is 1. The van der Waals surface area contributed by atoms with Crippen LogP contribution in [0.25, 0.3) is 0 Å². The topological polar surface area (TPSA) is 18.5 Å². The maximum absolute atomic E-state index is 5.65. The Labute approximate surface area is 97.6 Å². The molecule has 0 saturated carbocycles. The number of ether oxygens (including phenoxy) is 2. The third-order valence-corrected chi connectivity index (χ3v) is 3.18. The first-order chi connectivity index (χ1) is 7.69. The Morgan fingerprint density at radius 2 is 1.69 bits per heavy atom. The van der Waals surface area contributed by atoms with Gasteiger partial charge in [0.25, 0.3) is 0 Å². The molecule has 0 saturated heterocycles. The summed E-state index contributed by atoms with van der Waals surface area (Å²) in [6.07, 6.45) is 2.05. The van der Waals surface area contributed by atoms with Gasteiger partial charge in [-0.15, -0.1) is 0 Å². The summed E-state index contributed by atoms with van der Waals surface area (Å²) in [6.45, 7) is 9.15. The van der Waals surface area contributed by atoms with Gasteiger partial charge < -0.3 is 9.47 Å². The van der Waals surface area contributed by atoms with E-state index in [4.69, 9.17) is 9.47 Å². The van der Waals surface area contributed by atoms with Crippen LogP contribution in [0, 0.1) is 0 Å². The van der Waals surface area contributed by atoms with Crippen molar-refractivity contribution in [3.63, 3.8) is 0 Å². The molecule has 1 aromatic rings. The summed E-state index contributed by atoms with van der Waals surface area (Å²) in [5.74, 6) is 2.45.